The molecule has 0 bridgehead atoms. The van der Waals surface area contributed by atoms with E-state index in [0.717, 1.165) is 11.1 Å². The standard InChI is InChI=1S/C42H33N/c1-4-37-38(24-18-29-12-6-5-7-13-29)42(35-22-20-31-15-9-11-17-33(31)27-35)40-28-36(43(2)3)23-25-39(40)41(37)34-21-19-30-14-8-10-16-32(30)26-34/h4-28H,1H2,2-3H3/b24-18-. The van der Waals surface area contributed by atoms with Crippen molar-refractivity contribution in [3.05, 3.63) is 157 Å². The lowest BCUT2D eigenvalue weighted by Gasteiger charge is -2.23. The molecule has 0 saturated heterocycles. The summed E-state index contributed by atoms with van der Waals surface area (Å²) in [5.41, 5.74) is 9.45. The fourth-order valence-electron chi connectivity index (χ4n) is 6.24. The van der Waals surface area contributed by atoms with Crippen molar-refractivity contribution in [1.82, 2.24) is 0 Å². The second-order valence-corrected chi connectivity index (χ2v) is 11.3. The van der Waals surface area contributed by atoms with Gasteiger partial charge in [0.2, 0.25) is 0 Å². The summed E-state index contributed by atoms with van der Waals surface area (Å²) in [6, 6.07) is 48.2. The first-order valence-electron chi connectivity index (χ1n) is 14.8. The molecule has 0 aliphatic rings. The first kappa shape index (κ1) is 26.5. The van der Waals surface area contributed by atoms with Crippen LogP contribution in [-0.4, -0.2) is 14.1 Å². The van der Waals surface area contributed by atoms with E-state index in [4.69, 9.17) is 0 Å². The van der Waals surface area contributed by atoms with E-state index in [1.165, 1.54) is 65.8 Å². The third-order valence-corrected chi connectivity index (χ3v) is 8.41. The molecule has 0 N–H and O–H groups in total. The molecule has 0 spiro atoms. The fraction of sp³-hybridized carbons (Fsp3) is 0.0476. The molecule has 0 amide bonds. The molecule has 0 fully saturated rings. The molecule has 0 saturated carbocycles. The molecule has 1 heteroatoms. The molecule has 206 valence electrons. The Balaban J connectivity index is 1.62. The largest absolute Gasteiger partial charge is 0.378 e. The summed E-state index contributed by atoms with van der Waals surface area (Å²) in [4.78, 5) is 2.18. The van der Waals surface area contributed by atoms with Gasteiger partial charge < -0.3 is 4.90 Å². The Labute approximate surface area is 253 Å². The fourth-order valence-corrected chi connectivity index (χ4v) is 6.24. The Morgan fingerprint density at radius 1 is 0.488 bits per heavy atom. The molecule has 7 aromatic rings. The van der Waals surface area contributed by atoms with Crippen molar-refractivity contribution in [2.45, 2.75) is 0 Å². The van der Waals surface area contributed by atoms with E-state index in [1.807, 2.05) is 6.08 Å². The first-order chi connectivity index (χ1) is 21.1. The van der Waals surface area contributed by atoms with E-state index in [2.05, 4.69) is 171 Å². The van der Waals surface area contributed by atoms with Crippen LogP contribution in [-0.2, 0) is 0 Å². The maximum atomic E-state index is 4.39. The summed E-state index contributed by atoms with van der Waals surface area (Å²) in [6.07, 6.45) is 6.54. The van der Waals surface area contributed by atoms with Gasteiger partial charge in [-0.15, -0.1) is 0 Å². The van der Waals surface area contributed by atoms with Crippen molar-refractivity contribution in [3.63, 3.8) is 0 Å². The van der Waals surface area contributed by atoms with Crippen LogP contribution in [0.15, 0.2) is 140 Å². The number of benzene rings is 7. The minimum atomic E-state index is 1.13. The normalized spacial score (nSPS) is 11.5. The van der Waals surface area contributed by atoms with Crippen molar-refractivity contribution in [2.75, 3.05) is 19.0 Å². The molecule has 0 unspecified atom stereocenters. The predicted molar refractivity (Wildman–Crippen MR) is 190 cm³/mol. The van der Waals surface area contributed by atoms with E-state index < -0.39 is 0 Å². The maximum Gasteiger partial charge on any atom is 0.0367 e. The molecule has 0 heterocycles. The zero-order chi connectivity index (χ0) is 29.3. The summed E-state index contributed by atoms with van der Waals surface area (Å²) in [5.74, 6) is 0. The summed E-state index contributed by atoms with van der Waals surface area (Å²) in [5, 5.41) is 7.38. The van der Waals surface area contributed by atoms with Crippen molar-refractivity contribution in [2.24, 2.45) is 0 Å². The Morgan fingerprint density at radius 3 is 1.63 bits per heavy atom. The molecule has 43 heavy (non-hydrogen) atoms. The first-order valence-corrected chi connectivity index (χ1v) is 14.8. The van der Waals surface area contributed by atoms with Crippen LogP contribution in [0.1, 0.15) is 16.7 Å². The summed E-state index contributed by atoms with van der Waals surface area (Å²) in [7, 11) is 4.21. The number of hydrogen-bond acceptors (Lipinski definition) is 1. The van der Waals surface area contributed by atoms with Gasteiger partial charge in [-0.25, -0.2) is 0 Å². The highest BCUT2D eigenvalue weighted by atomic mass is 15.1. The molecule has 7 rings (SSSR count). The van der Waals surface area contributed by atoms with Crippen LogP contribution >= 0.6 is 0 Å². The molecule has 0 atom stereocenters. The van der Waals surface area contributed by atoms with Gasteiger partial charge in [0, 0.05) is 19.8 Å². The van der Waals surface area contributed by atoms with E-state index in [0.29, 0.717) is 0 Å². The van der Waals surface area contributed by atoms with Gasteiger partial charge in [0.25, 0.3) is 0 Å². The van der Waals surface area contributed by atoms with E-state index in [1.54, 1.807) is 0 Å². The highest BCUT2D eigenvalue weighted by Gasteiger charge is 2.20. The van der Waals surface area contributed by atoms with Crippen molar-refractivity contribution in [3.8, 4) is 22.3 Å². The molecular formula is C42H33N. The Morgan fingerprint density at radius 2 is 1.05 bits per heavy atom. The zero-order valence-electron chi connectivity index (χ0n) is 24.6. The molecule has 0 aliphatic carbocycles. The van der Waals surface area contributed by atoms with Crippen molar-refractivity contribution in [1.29, 1.82) is 0 Å². The quantitative estimate of drug-likeness (QED) is 0.186. The second-order valence-electron chi connectivity index (χ2n) is 11.3. The lowest BCUT2D eigenvalue weighted by Crippen LogP contribution is -2.08. The average molecular weight is 552 g/mol. The number of rotatable bonds is 6. The Bertz CT molecular complexity index is 2170. The Kier molecular flexibility index (Phi) is 6.85. The third kappa shape index (κ3) is 4.90. The average Bonchev–Trinajstić information content (AvgIpc) is 3.06. The Hall–Kier alpha value is -5.40. The smallest absolute Gasteiger partial charge is 0.0367 e. The number of fused-ring (bicyclic) bond motifs is 3. The van der Waals surface area contributed by atoms with Gasteiger partial charge in [-0.3, -0.25) is 0 Å². The van der Waals surface area contributed by atoms with Crippen LogP contribution in [0, 0.1) is 0 Å². The van der Waals surface area contributed by atoms with Crippen LogP contribution in [0.5, 0.6) is 0 Å². The monoisotopic (exact) mass is 551 g/mol. The molecular weight excluding hydrogens is 518 g/mol. The van der Waals surface area contributed by atoms with Gasteiger partial charge in [0.1, 0.15) is 0 Å². The van der Waals surface area contributed by atoms with Crippen molar-refractivity contribution >= 4 is 56.2 Å². The van der Waals surface area contributed by atoms with Crippen LogP contribution < -0.4 is 4.90 Å². The zero-order valence-corrected chi connectivity index (χ0v) is 24.6. The maximum absolute atomic E-state index is 4.39. The lowest BCUT2D eigenvalue weighted by molar-refractivity contribution is 1.14. The summed E-state index contributed by atoms with van der Waals surface area (Å²) >= 11 is 0. The molecule has 0 radical (unpaired) electrons. The third-order valence-electron chi connectivity index (χ3n) is 8.41. The van der Waals surface area contributed by atoms with Gasteiger partial charge in [0.15, 0.2) is 0 Å². The molecule has 0 aromatic heterocycles. The summed E-state index contributed by atoms with van der Waals surface area (Å²) in [6.45, 7) is 4.39. The second kappa shape index (κ2) is 11.1. The van der Waals surface area contributed by atoms with Gasteiger partial charge in [-0.1, -0.05) is 134 Å². The lowest BCUT2D eigenvalue weighted by atomic mass is 9.82. The van der Waals surface area contributed by atoms with Crippen LogP contribution in [0.25, 0.3) is 72.8 Å². The SMILES string of the molecule is C=Cc1c(/C=C\c2ccccc2)c(-c2ccc3ccccc3c2)c2cc(N(C)C)ccc2c1-c1ccc2ccccc2c1. The van der Waals surface area contributed by atoms with E-state index in [-0.39, 0.29) is 0 Å². The molecule has 0 aliphatic heterocycles. The van der Waals surface area contributed by atoms with Crippen LogP contribution in [0.3, 0.4) is 0 Å². The summed E-state index contributed by atoms with van der Waals surface area (Å²) < 4.78 is 0. The van der Waals surface area contributed by atoms with E-state index in [9.17, 15) is 0 Å². The topological polar surface area (TPSA) is 3.24 Å². The number of hydrogen-bond donors (Lipinski definition) is 0. The minimum absolute atomic E-state index is 1.13. The van der Waals surface area contributed by atoms with Gasteiger partial charge in [-0.2, -0.15) is 0 Å². The highest BCUT2D eigenvalue weighted by molar-refractivity contribution is 6.14. The van der Waals surface area contributed by atoms with Crippen LogP contribution in [0.4, 0.5) is 5.69 Å². The van der Waals surface area contributed by atoms with Gasteiger partial charge in [0.05, 0.1) is 0 Å². The number of anilines is 1. The minimum Gasteiger partial charge on any atom is -0.378 e. The van der Waals surface area contributed by atoms with Gasteiger partial charge in [-0.05, 0) is 95.5 Å². The number of nitrogens with zero attached hydrogens (tertiary/aromatic N) is 1. The van der Waals surface area contributed by atoms with E-state index >= 15 is 0 Å². The van der Waals surface area contributed by atoms with Crippen LogP contribution in [0.2, 0.25) is 0 Å². The highest BCUT2D eigenvalue weighted by Crippen LogP contribution is 2.45. The molecule has 7 aromatic carbocycles. The predicted octanol–water partition coefficient (Wildman–Crippen LogP) is 11.4. The molecule has 1 nitrogen and oxygen atoms in total. The van der Waals surface area contributed by atoms with Gasteiger partial charge >= 0.3 is 0 Å². The van der Waals surface area contributed by atoms with Crippen molar-refractivity contribution < 1.29 is 0 Å².